The zero-order valence-corrected chi connectivity index (χ0v) is 10.9. The quantitative estimate of drug-likeness (QED) is 0.808. The number of carbonyl (C=O) groups excluding carboxylic acids is 1. The van der Waals surface area contributed by atoms with E-state index in [0.717, 1.165) is 0 Å². The fraction of sp³-hybridized carbons (Fsp3) is 0.462. The molecule has 4 nitrogen and oxygen atoms in total. The average Bonchev–Trinajstić information content (AvgIpc) is 2.30. The summed E-state index contributed by atoms with van der Waals surface area (Å²) in [5, 5.41) is 5.64. The summed E-state index contributed by atoms with van der Waals surface area (Å²) in [6.45, 7) is 4.26. The molecule has 0 saturated heterocycles. The summed E-state index contributed by atoms with van der Waals surface area (Å²) in [7, 11) is 1.49. The highest BCUT2D eigenvalue weighted by atomic mass is 19.1. The first-order chi connectivity index (χ1) is 8.52. The molecule has 0 heterocycles. The van der Waals surface area contributed by atoms with Gasteiger partial charge in [0.05, 0.1) is 13.7 Å². The topological polar surface area (TPSA) is 50.4 Å². The summed E-state index contributed by atoms with van der Waals surface area (Å²) < 4.78 is 18.5. The van der Waals surface area contributed by atoms with Gasteiger partial charge in [-0.15, -0.1) is 0 Å². The van der Waals surface area contributed by atoms with Gasteiger partial charge in [-0.25, -0.2) is 4.39 Å². The van der Waals surface area contributed by atoms with E-state index in [1.54, 1.807) is 12.1 Å². The predicted molar refractivity (Wildman–Crippen MR) is 67.9 cm³/mol. The molecular weight excluding hydrogens is 235 g/mol. The number of carbonyl (C=O) groups is 1. The van der Waals surface area contributed by atoms with Crippen molar-refractivity contribution in [1.29, 1.82) is 0 Å². The Kier molecular flexibility index (Phi) is 5.58. The molecule has 0 aliphatic carbocycles. The molecule has 0 spiro atoms. The summed E-state index contributed by atoms with van der Waals surface area (Å²) in [5.41, 5.74) is 0.508. The molecule has 1 rings (SSSR count). The Labute approximate surface area is 107 Å². The molecular formula is C13H19FN2O2. The van der Waals surface area contributed by atoms with Crippen molar-refractivity contribution >= 4 is 5.91 Å². The second-order valence-electron chi connectivity index (χ2n) is 4.28. The minimum atomic E-state index is -0.342. The van der Waals surface area contributed by atoms with Crippen LogP contribution in [0.2, 0.25) is 0 Å². The van der Waals surface area contributed by atoms with Crippen LogP contribution in [0.4, 0.5) is 4.39 Å². The fourth-order valence-electron chi connectivity index (χ4n) is 1.48. The lowest BCUT2D eigenvalue weighted by Crippen LogP contribution is -2.37. The Hall–Kier alpha value is -1.62. The number of amides is 1. The Morgan fingerprint density at radius 3 is 2.72 bits per heavy atom. The van der Waals surface area contributed by atoms with Crippen molar-refractivity contribution in [3.63, 3.8) is 0 Å². The molecule has 0 bridgehead atoms. The Morgan fingerprint density at radius 1 is 1.44 bits per heavy atom. The number of benzene rings is 1. The monoisotopic (exact) mass is 254 g/mol. The van der Waals surface area contributed by atoms with E-state index in [1.807, 2.05) is 13.8 Å². The second-order valence-corrected chi connectivity index (χ2v) is 4.28. The van der Waals surface area contributed by atoms with Crippen molar-refractivity contribution in [3.05, 3.63) is 29.6 Å². The van der Waals surface area contributed by atoms with E-state index in [1.165, 1.54) is 13.2 Å². The smallest absolute Gasteiger partial charge is 0.234 e. The number of methoxy groups -OCH3 is 1. The number of ether oxygens (including phenoxy) is 1. The minimum Gasteiger partial charge on any atom is -0.497 e. The molecule has 1 aromatic carbocycles. The van der Waals surface area contributed by atoms with E-state index >= 15 is 0 Å². The van der Waals surface area contributed by atoms with Gasteiger partial charge < -0.3 is 15.4 Å². The lowest BCUT2D eigenvalue weighted by Gasteiger charge is -2.10. The lowest BCUT2D eigenvalue weighted by molar-refractivity contribution is -0.120. The van der Waals surface area contributed by atoms with Gasteiger partial charge in [-0.2, -0.15) is 0 Å². The van der Waals surface area contributed by atoms with Crippen molar-refractivity contribution in [1.82, 2.24) is 10.6 Å². The van der Waals surface area contributed by atoms with Gasteiger partial charge in [0, 0.05) is 24.2 Å². The van der Waals surface area contributed by atoms with Gasteiger partial charge in [-0.05, 0) is 19.9 Å². The number of nitrogens with one attached hydrogen (secondary N) is 2. The van der Waals surface area contributed by atoms with E-state index in [9.17, 15) is 9.18 Å². The molecule has 1 amide bonds. The van der Waals surface area contributed by atoms with Gasteiger partial charge in [-0.1, -0.05) is 6.07 Å². The Bertz CT molecular complexity index is 408. The Morgan fingerprint density at radius 2 is 2.17 bits per heavy atom. The van der Waals surface area contributed by atoms with Crippen LogP contribution in [0.1, 0.15) is 19.4 Å². The van der Waals surface area contributed by atoms with Crippen LogP contribution in [0.3, 0.4) is 0 Å². The van der Waals surface area contributed by atoms with Crippen LogP contribution >= 0.6 is 0 Å². The molecule has 100 valence electrons. The number of hydrogen-bond acceptors (Lipinski definition) is 3. The maximum absolute atomic E-state index is 13.6. The zero-order valence-electron chi connectivity index (χ0n) is 10.9. The van der Waals surface area contributed by atoms with E-state index in [0.29, 0.717) is 17.9 Å². The molecule has 1 aromatic rings. The van der Waals surface area contributed by atoms with E-state index in [2.05, 4.69) is 10.6 Å². The Balaban J connectivity index is 2.42. The van der Waals surface area contributed by atoms with Crippen LogP contribution in [0, 0.1) is 5.82 Å². The van der Waals surface area contributed by atoms with Crippen molar-refractivity contribution in [2.45, 2.75) is 26.4 Å². The molecule has 0 atom stereocenters. The number of rotatable bonds is 6. The standard InChI is InChI=1S/C13H19FN2O2/c1-9(2)16-13(17)8-15-7-10-4-5-11(18-3)6-12(10)14/h4-6,9,15H,7-8H2,1-3H3,(H,16,17). The summed E-state index contributed by atoms with van der Waals surface area (Å²) in [5.74, 6) is 0.0406. The van der Waals surface area contributed by atoms with E-state index in [-0.39, 0.29) is 24.3 Å². The van der Waals surface area contributed by atoms with Crippen molar-refractivity contribution in [2.24, 2.45) is 0 Å². The fourth-order valence-corrected chi connectivity index (χ4v) is 1.48. The van der Waals surface area contributed by atoms with Crippen LogP contribution in [-0.2, 0) is 11.3 Å². The highest BCUT2D eigenvalue weighted by Crippen LogP contribution is 2.15. The molecule has 0 aliphatic heterocycles. The van der Waals surface area contributed by atoms with Crippen molar-refractivity contribution in [2.75, 3.05) is 13.7 Å². The normalized spacial score (nSPS) is 10.5. The first-order valence-electron chi connectivity index (χ1n) is 5.85. The van der Waals surface area contributed by atoms with Gasteiger partial charge in [0.2, 0.25) is 5.91 Å². The van der Waals surface area contributed by atoms with E-state index in [4.69, 9.17) is 4.74 Å². The predicted octanol–water partition coefficient (Wildman–Crippen LogP) is 1.45. The minimum absolute atomic E-state index is 0.0982. The van der Waals surface area contributed by atoms with E-state index < -0.39 is 0 Å². The SMILES string of the molecule is COc1ccc(CNCC(=O)NC(C)C)c(F)c1. The summed E-state index contributed by atoms with van der Waals surface area (Å²) in [6, 6.07) is 4.76. The van der Waals surface area contributed by atoms with Gasteiger partial charge >= 0.3 is 0 Å². The number of hydrogen-bond donors (Lipinski definition) is 2. The summed E-state index contributed by atoms with van der Waals surface area (Å²) in [4.78, 5) is 11.3. The maximum Gasteiger partial charge on any atom is 0.234 e. The zero-order chi connectivity index (χ0) is 13.5. The van der Waals surface area contributed by atoms with Crippen LogP contribution in [0.25, 0.3) is 0 Å². The molecule has 0 aromatic heterocycles. The maximum atomic E-state index is 13.6. The third-order valence-corrected chi connectivity index (χ3v) is 2.31. The molecule has 0 aliphatic rings. The van der Waals surface area contributed by atoms with Gasteiger partial charge in [0.15, 0.2) is 0 Å². The highest BCUT2D eigenvalue weighted by Gasteiger charge is 2.06. The largest absolute Gasteiger partial charge is 0.497 e. The first-order valence-corrected chi connectivity index (χ1v) is 5.85. The van der Waals surface area contributed by atoms with Gasteiger partial charge in [0.1, 0.15) is 11.6 Å². The third kappa shape index (κ3) is 4.71. The van der Waals surface area contributed by atoms with Crippen molar-refractivity contribution in [3.8, 4) is 5.75 Å². The first kappa shape index (κ1) is 14.4. The van der Waals surface area contributed by atoms with Gasteiger partial charge in [-0.3, -0.25) is 4.79 Å². The third-order valence-electron chi connectivity index (χ3n) is 2.31. The second kappa shape index (κ2) is 6.96. The molecule has 18 heavy (non-hydrogen) atoms. The van der Waals surface area contributed by atoms with Crippen LogP contribution < -0.4 is 15.4 Å². The molecule has 0 radical (unpaired) electrons. The summed E-state index contributed by atoms with van der Waals surface area (Å²) in [6.07, 6.45) is 0. The molecule has 0 fully saturated rings. The van der Waals surface area contributed by atoms with Crippen LogP contribution in [0.5, 0.6) is 5.75 Å². The number of halogens is 1. The lowest BCUT2D eigenvalue weighted by atomic mass is 10.2. The van der Waals surface area contributed by atoms with Crippen LogP contribution in [0.15, 0.2) is 18.2 Å². The molecule has 0 saturated carbocycles. The summed E-state index contributed by atoms with van der Waals surface area (Å²) >= 11 is 0. The van der Waals surface area contributed by atoms with Crippen molar-refractivity contribution < 1.29 is 13.9 Å². The molecule has 2 N–H and O–H groups in total. The molecule has 5 heteroatoms. The highest BCUT2D eigenvalue weighted by molar-refractivity contribution is 5.78. The average molecular weight is 254 g/mol. The van der Waals surface area contributed by atoms with Crippen LogP contribution in [-0.4, -0.2) is 25.6 Å². The molecule has 0 unspecified atom stereocenters. The van der Waals surface area contributed by atoms with Gasteiger partial charge in [0.25, 0.3) is 0 Å².